The summed E-state index contributed by atoms with van der Waals surface area (Å²) in [5.74, 6) is -0.192. The van der Waals surface area contributed by atoms with Gasteiger partial charge < -0.3 is 14.7 Å². The van der Waals surface area contributed by atoms with Crippen molar-refractivity contribution >= 4 is 11.4 Å². The lowest BCUT2D eigenvalue weighted by atomic mass is 10.1. The maximum atomic E-state index is 14.9. The van der Waals surface area contributed by atoms with Crippen LogP contribution >= 0.6 is 0 Å². The van der Waals surface area contributed by atoms with Crippen molar-refractivity contribution in [2.45, 2.75) is 47.5 Å². The molecule has 0 bridgehead atoms. The van der Waals surface area contributed by atoms with Gasteiger partial charge in [0.25, 0.3) is 0 Å². The van der Waals surface area contributed by atoms with Crippen LogP contribution in [0.2, 0.25) is 0 Å². The quantitative estimate of drug-likeness (QED) is 0.420. The summed E-state index contributed by atoms with van der Waals surface area (Å²) < 4.78 is 14.9. The van der Waals surface area contributed by atoms with Crippen LogP contribution in [0.4, 0.5) is 10.1 Å². The summed E-state index contributed by atoms with van der Waals surface area (Å²) >= 11 is 0. The Labute approximate surface area is 189 Å². The van der Waals surface area contributed by atoms with E-state index >= 15 is 0 Å². The van der Waals surface area contributed by atoms with E-state index in [1.807, 2.05) is 19.2 Å². The average molecular weight is 426 g/mol. The van der Waals surface area contributed by atoms with E-state index in [0.29, 0.717) is 5.56 Å². The summed E-state index contributed by atoms with van der Waals surface area (Å²) in [5, 5.41) is 0. The SMILES string of the molecule is C=C(c1ccc(N(C)CCCC)cc1F)N1CCN(C(/C=C\C(C)=C(C)C)=C/C)CC1. The molecule has 170 valence electrons. The van der Waals surface area contributed by atoms with E-state index in [0.717, 1.165) is 56.9 Å². The van der Waals surface area contributed by atoms with Crippen LogP contribution in [0.1, 0.15) is 53.0 Å². The van der Waals surface area contributed by atoms with Gasteiger partial charge in [0, 0.05) is 62.4 Å². The fraction of sp³-hybridized carbons (Fsp3) is 0.481. The van der Waals surface area contributed by atoms with Crippen molar-refractivity contribution < 1.29 is 4.39 Å². The zero-order valence-corrected chi connectivity index (χ0v) is 20.3. The summed E-state index contributed by atoms with van der Waals surface area (Å²) in [6, 6.07) is 5.52. The highest BCUT2D eigenvalue weighted by atomic mass is 19.1. The number of hydrogen-bond donors (Lipinski definition) is 0. The molecule has 1 aromatic carbocycles. The molecule has 1 aliphatic heterocycles. The number of unbranched alkanes of at least 4 members (excludes halogenated alkanes) is 1. The van der Waals surface area contributed by atoms with Gasteiger partial charge in [-0.1, -0.05) is 43.2 Å². The van der Waals surface area contributed by atoms with Crippen molar-refractivity contribution in [3.63, 3.8) is 0 Å². The number of benzene rings is 1. The normalized spacial score (nSPS) is 14.9. The number of halogens is 1. The van der Waals surface area contributed by atoms with Crippen molar-refractivity contribution in [3.8, 4) is 0 Å². The van der Waals surface area contributed by atoms with E-state index in [1.165, 1.54) is 16.8 Å². The predicted molar refractivity (Wildman–Crippen MR) is 134 cm³/mol. The molecule has 0 spiro atoms. The molecule has 31 heavy (non-hydrogen) atoms. The van der Waals surface area contributed by atoms with Crippen molar-refractivity contribution in [1.82, 2.24) is 9.80 Å². The van der Waals surface area contributed by atoms with E-state index in [4.69, 9.17) is 0 Å². The molecular weight excluding hydrogens is 385 g/mol. The fourth-order valence-corrected chi connectivity index (χ4v) is 3.67. The van der Waals surface area contributed by atoms with Gasteiger partial charge in [-0.05, 0) is 58.4 Å². The second-order valence-electron chi connectivity index (χ2n) is 8.59. The Morgan fingerprint density at radius 1 is 1.10 bits per heavy atom. The lowest BCUT2D eigenvalue weighted by molar-refractivity contribution is 0.218. The minimum absolute atomic E-state index is 0.192. The van der Waals surface area contributed by atoms with Crippen LogP contribution in [-0.2, 0) is 0 Å². The summed E-state index contributed by atoms with van der Waals surface area (Å²) in [5.41, 5.74) is 6.16. The second-order valence-corrected chi connectivity index (χ2v) is 8.59. The second kappa shape index (κ2) is 11.8. The highest BCUT2D eigenvalue weighted by Gasteiger charge is 2.21. The summed E-state index contributed by atoms with van der Waals surface area (Å²) in [6.07, 6.45) is 8.78. The molecule has 0 aliphatic carbocycles. The van der Waals surface area contributed by atoms with Gasteiger partial charge in [0.1, 0.15) is 5.82 Å². The highest BCUT2D eigenvalue weighted by molar-refractivity contribution is 5.65. The topological polar surface area (TPSA) is 9.72 Å². The summed E-state index contributed by atoms with van der Waals surface area (Å²) in [4.78, 5) is 6.70. The molecule has 4 heteroatoms. The first kappa shape index (κ1) is 24.8. The van der Waals surface area contributed by atoms with Crippen LogP contribution in [-0.4, -0.2) is 49.6 Å². The van der Waals surface area contributed by atoms with E-state index < -0.39 is 0 Å². The van der Waals surface area contributed by atoms with Crippen molar-refractivity contribution in [2.24, 2.45) is 0 Å². The predicted octanol–water partition coefficient (Wildman–Crippen LogP) is 6.47. The molecular formula is C27H40FN3. The summed E-state index contributed by atoms with van der Waals surface area (Å²) in [7, 11) is 2.02. The number of nitrogens with zero attached hydrogens (tertiary/aromatic N) is 3. The number of hydrogen-bond acceptors (Lipinski definition) is 3. The molecule has 0 saturated carbocycles. The third-order valence-corrected chi connectivity index (χ3v) is 6.17. The van der Waals surface area contributed by atoms with Crippen LogP contribution in [0.3, 0.4) is 0 Å². The Bertz CT molecular complexity index is 838. The highest BCUT2D eigenvalue weighted by Crippen LogP contribution is 2.26. The molecule has 1 heterocycles. The van der Waals surface area contributed by atoms with Gasteiger partial charge in [-0.25, -0.2) is 4.39 Å². The molecule has 0 unspecified atom stereocenters. The van der Waals surface area contributed by atoms with Gasteiger partial charge in [-0.15, -0.1) is 0 Å². The molecule has 0 radical (unpaired) electrons. The molecule has 1 aromatic rings. The van der Waals surface area contributed by atoms with Crippen LogP contribution in [0.15, 0.2) is 59.8 Å². The Kier molecular flexibility index (Phi) is 9.42. The molecule has 2 rings (SSSR count). The number of piperazine rings is 1. The van der Waals surface area contributed by atoms with E-state index in [1.54, 1.807) is 6.07 Å². The van der Waals surface area contributed by atoms with Crippen LogP contribution < -0.4 is 4.90 Å². The Morgan fingerprint density at radius 3 is 2.29 bits per heavy atom. The first-order valence-corrected chi connectivity index (χ1v) is 11.5. The van der Waals surface area contributed by atoms with Gasteiger partial charge in [0.15, 0.2) is 0 Å². The maximum absolute atomic E-state index is 14.9. The van der Waals surface area contributed by atoms with E-state index in [9.17, 15) is 4.39 Å². The molecule has 3 nitrogen and oxygen atoms in total. The number of rotatable bonds is 9. The van der Waals surface area contributed by atoms with E-state index in [-0.39, 0.29) is 5.82 Å². The van der Waals surface area contributed by atoms with Gasteiger partial charge >= 0.3 is 0 Å². The minimum Gasteiger partial charge on any atom is -0.375 e. The van der Waals surface area contributed by atoms with Crippen molar-refractivity contribution in [3.05, 3.63) is 71.2 Å². The fourth-order valence-electron chi connectivity index (χ4n) is 3.67. The smallest absolute Gasteiger partial charge is 0.134 e. The van der Waals surface area contributed by atoms with Crippen LogP contribution in [0.5, 0.6) is 0 Å². The lowest BCUT2D eigenvalue weighted by Crippen LogP contribution is -2.44. The van der Waals surface area contributed by atoms with Gasteiger partial charge in [0.05, 0.1) is 0 Å². The largest absolute Gasteiger partial charge is 0.375 e. The average Bonchev–Trinajstić information content (AvgIpc) is 2.77. The molecule has 0 amide bonds. The molecule has 1 saturated heterocycles. The zero-order chi connectivity index (χ0) is 23.0. The lowest BCUT2D eigenvalue weighted by Gasteiger charge is -2.39. The Morgan fingerprint density at radius 2 is 1.74 bits per heavy atom. The van der Waals surface area contributed by atoms with Gasteiger partial charge in [0.2, 0.25) is 0 Å². The standard InChI is InChI=1S/C27H40FN3/c1-8-10-15-29(7)25-13-14-26(27(28)20-25)23(6)30-16-18-31(19-17-30)24(9-2)12-11-22(5)21(3)4/h9,11-14,20H,6,8,10,15-19H2,1-5,7H3/b12-11-,24-9+. The van der Waals surface area contributed by atoms with Crippen molar-refractivity contribution in [2.75, 3.05) is 44.7 Å². The monoisotopic (exact) mass is 425 g/mol. The number of anilines is 1. The molecule has 0 aromatic heterocycles. The van der Waals surface area contributed by atoms with Gasteiger partial charge in [-0.3, -0.25) is 0 Å². The number of allylic oxidation sites excluding steroid dienone is 5. The zero-order valence-electron chi connectivity index (χ0n) is 20.3. The Hall–Kier alpha value is -2.49. The Balaban J connectivity index is 2.01. The molecule has 1 fully saturated rings. The van der Waals surface area contributed by atoms with Gasteiger partial charge in [-0.2, -0.15) is 0 Å². The third-order valence-electron chi connectivity index (χ3n) is 6.17. The molecule has 0 atom stereocenters. The van der Waals surface area contributed by atoms with E-state index in [2.05, 4.69) is 74.1 Å². The van der Waals surface area contributed by atoms with Crippen molar-refractivity contribution in [1.29, 1.82) is 0 Å². The van der Waals surface area contributed by atoms with Crippen LogP contribution in [0.25, 0.3) is 5.70 Å². The minimum atomic E-state index is -0.192. The summed E-state index contributed by atoms with van der Waals surface area (Å²) in [6.45, 7) is 19.3. The van der Waals surface area contributed by atoms with Crippen LogP contribution in [0, 0.1) is 5.82 Å². The third kappa shape index (κ3) is 6.75. The first-order valence-electron chi connectivity index (χ1n) is 11.5. The maximum Gasteiger partial charge on any atom is 0.134 e. The first-order chi connectivity index (χ1) is 14.8. The molecule has 1 aliphatic rings. The molecule has 0 N–H and O–H groups in total.